The standard InChI is InChI=1S/C15H13N3O2/c1-2-10-4-6-11(7-5-10)12-13(14(19)20)18-9-3-8-16-15(18)17-12/h3-9H,2H2,1H3,(H,19,20). The highest BCUT2D eigenvalue weighted by molar-refractivity contribution is 5.94. The number of imidazole rings is 1. The van der Waals surface area contributed by atoms with E-state index in [9.17, 15) is 9.90 Å². The van der Waals surface area contributed by atoms with Gasteiger partial charge in [0.2, 0.25) is 5.78 Å². The highest BCUT2D eigenvalue weighted by Crippen LogP contribution is 2.24. The number of aryl methyl sites for hydroxylation is 1. The second kappa shape index (κ2) is 4.77. The second-order valence-corrected chi connectivity index (χ2v) is 4.45. The minimum Gasteiger partial charge on any atom is -0.476 e. The molecule has 5 heteroatoms. The van der Waals surface area contributed by atoms with E-state index >= 15 is 0 Å². The third-order valence-corrected chi connectivity index (χ3v) is 3.24. The van der Waals surface area contributed by atoms with E-state index in [-0.39, 0.29) is 5.69 Å². The lowest BCUT2D eigenvalue weighted by Crippen LogP contribution is -2.03. The molecule has 2 heterocycles. The van der Waals surface area contributed by atoms with Crippen LogP contribution in [0.2, 0.25) is 0 Å². The molecule has 3 rings (SSSR count). The van der Waals surface area contributed by atoms with Gasteiger partial charge in [-0.2, -0.15) is 0 Å². The van der Waals surface area contributed by atoms with Crippen molar-refractivity contribution in [3.8, 4) is 11.3 Å². The van der Waals surface area contributed by atoms with Crippen molar-refractivity contribution in [3.63, 3.8) is 0 Å². The predicted molar refractivity (Wildman–Crippen MR) is 74.8 cm³/mol. The summed E-state index contributed by atoms with van der Waals surface area (Å²) < 4.78 is 1.49. The summed E-state index contributed by atoms with van der Waals surface area (Å²) in [4.78, 5) is 19.9. The average molecular weight is 267 g/mol. The molecule has 0 fully saturated rings. The molecule has 2 aromatic heterocycles. The smallest absolute Gasteiger partial charge is 0.355 e. The molecular formula is C15H13N3O2. The summed E-state index contributed by atoms with van der Waals surface area (Å²) in [5, 5.41) is 9.43. The van der Waals surface area contributed by atoms with E-state index in [0.717, 1.165) is 12.0 Å². The molecule has 0 bridgehead atoms. The lowest BCUT2D eigenvalue weighted by molar-refractivity contribution is 0.0690. The lowest BCUT2D eigenvalue weighted by atomic mass is 10.1. The number of carboxylic acid groups (broad SMARTS) is 1. The van der Waals surface area contributed by atoms with Gasteiger partial charge < -0.3 is 5.11 Å². The number of carbonyl (C=O) groups is 1. The van der Waals surface area contributed by atoms with Crippen molar-refractivity contribution in [1.82, 2.24) is 14.4 Å². The van der Waals surface area contributed by atoms with Crippen molar-refractivity contribution in [2.75, 3.05) is 0 Å². The minimum absolute atomic E-state index is 0.136. The van der Waals surface area contributed by atoms with E-state index < -0.39 is 5.97 Å². The van der Waals surface area contributed by atoms with Crippen LogP contribution in [-0.4, -0.2) is 25.4 Å². The number of benzene rings is 1. The Kier molecular flexibility index (Phi) is 2.95. The molecule has 0 saturated heterocycles. The molecular weight excluding hydrogens is 254 g/mol. The van der Waals surface area contributed by atoms with E-state index in [2.05, 4.69) is 16.9 Å². The Morgan fingerprint density at radius 1 is 1.30 bits per heavy atom. The predicted octanol–water partition coefficient (Wildman–Crippen LogP) is 2.66. The van der Waals surface area contributed by atoms with E-state index in [4.69, 9.17) is 0 Å². The Labute approximate surface area is 115 Å². The number of fused-ring (bicyclic) bond motifs is 1. The molecule has 3 aromatic rings. The molecule has 0 unspecified atom stereocenters. The molecule has 0 aliphatic heterocycles. The van der Waals surface area contributed by atoms with E-state index in [1.165, 1.54) is 9.96 Å². The number of aromatic carboxylic acids is 1. The fraction of sp³-hybridized carbons (Fsp3) is 0.133. The highest BCUT2D eigenvalue weighted by atomic mass is 16.4. The second-order valence-electron chi connectivity index (χ2n) is 4.45. The Morgan fingerprint density at radius 3 is 2.70 bits per heavy atom. The Morgan fingerprint density at radius 2 is 2.05 bits per heavy atom. The quantitative estimate of drug-likeness (QED) is 0.792. The third kappa shape index (κ3) is 1.93. The summed E-state index contributed by atoms with van der Waals surface area (Å²) in [6, 6.07) is 9.45. The summed E-state index contributed by atoms with van der Waals surface area (Å²) in [5.74, 6) is -0.625. The van der Waals surface area contributed by atoms with Gasteiger partial charge in [0.25, 0.3) is 0 Å². The zero-order valence-electron chi connectivity index (χ0n) is 10.9. The van der Waals surface area contributed by atoms with Crippen LogP contribution < -0.4 is 0 Å². The zero-order valence-corrected chi connectivity index (χ0v) is 10.9. The Hall–Kier alpha value is -2.69. The minimum atomic E-state index is -1.01. The number of hydrogen-bond donors (Lipinski definition) is 1. The molecule has 1 N–H and O–H groups in total. The molecule has 0 spiro atoms. The molecule has 0 amide bonds. The maximum Gasteiger partial charge on any atom is 0.355 e. The average Bonchev–Trinajstić information content (AvgIpc) is 2.86. The van der Waals surface area contributed by atoms with Crippen LogP contribution in [0.3, 0.4) is 0 Å². The van der Waals surface area contributed by atoms with Gasteiger partial charge in [0, 0.05) is 18.0 Å². The van der Waals surface area contributed by atoms with Crippen molar-refractivity contribution in [3.05, 3.63) is 54.0 Å². The van der Waals surface area contributed by atoms with Crippen LogP contribution in [-0.2, 0) is 6.42 Å². The van der Waals surface area contributed by atoms with E-state index in [0.29, 0.717) is 11.5 Å². The van der Waals surface area contributed by atoms with E-state index in [1.807, 2.05) is 24.3 Å². The SMILES string of the molecule is CCc1ccc(-c2nc3ncccn3c2C(=O)O)cc1. The maximum absolute atomic E-state index is 11.5. The van der Waals surface area contributed by atoms with Crippen LogP contribution in [0.15, 0.2) is 42.7 Å². The van der Waals surface area contributed by atoms with Crippen molar-refractivity contribution >= 4 is 11.7 Å². The summed E-state index contributed by atoms with van der Waals surface area (Å²) in [5.41, 5.74) is 2.56. The molecule has 5 nitrogen and oxygen atoms in total. The Bertz CT molecular complexity index is 775. The van der Waals surface area contributed by atoms with Crippen LogP contribution in [0.5, 0.6) is 0 Å². The van der Waals surface area contributed by atoms with Crippen molar-refractivity contribution in [1.29, 1.82) is 0 Å². The first-order chi connectivity index (χ1) is 9.70. The van der Waals surface area contributed by atoms with Crippen molar-refractivity contribution in [2.24, 2.45) is 0 Å². The van der Waals surface area contributed by atoms with Gasteiger partial charge in [-0.25, -0.2) is 14.8 Å². The highest BCUT2D eigenvalue weighted by Gasteiger charge is 2.20. The first-order valence-corrected chi connectivity index (χ1v) is 6.36. The van der Waals surface area contributed by atoms with Gasteiger partial charge in [0.1, 0.15) is 5.69 Å². The van der Waals surface area contributed by atoms with Crippen LogP contribution in [0, 0.1) is 0 Å². The molecule has 0 radical (unpaired) electrons. The first-order valence-electron chi connectivity index (χ1n) is 6.36. The zero-order chi connectivity index (χ0) is 14.1. The molecule has 100 valence electrons. The number of rotatable bonds is 3. The molecule has 0 atom stereocenters. The topological polar surface area (TPSA) is 67.5 Å². The molecule has 20 heavy (non-hydrogen) atoms. The summed E-state index contributed by atoms with van der Waals surface area (Å²) in [6.45, 7) is 2.08. The molecule has 1 aromatic carbocycles. The first kappa shape index (κ1) is 12.3. The van der Waals surface area contributed by atoms with Crippen LogP contribution >= 0.6 is 0 Å². The van der Waals surface area contributed by atoms with Gasteiger partial charge in [-0.05, 0) is 18.1 Å². The van der Waals surface area contributed by atoms with Gasteiger partial charge in [0.15, 0.2) is 5.69 Å². The summed E-state index contributed by atoms with van der Waals surface area (Å²) in [6.07, 6.45) is 4.19. The van der Waals surface area contributed by atoms with Gasteiger partial charge in [-0.1, -0.05) is 31.2 Å². The largest absolute Gasteiger partial charge is 0.476 e. The number of hydrogen-bond acceptors (Lipinski definition) is 3. The van der Waals surface area contributed by atoms with Gasteiger partial charge in [-0.15, -0.1) is 0 Å². The number of nitrogens with zero attached hydrogens (tertiary/aromatic N) is 3. The summed E-state index contributed by atoms with van der Waals surface area (Å²) in [7, 11) is 0. The molecule has 0 saturated carbocycles. The molecule has 0 aliphatic rings. The van der Waals surface area contributed by atoms with E-state index in [1.54, 1.807) is 18.5 Å². The van der Waals surface area contributed by atoms with Crippen LogP contribution in [0.25, 0.3) is 17.0 Å². The van der Waals surface area contributed by atoms with Crippen LogP contribution in [0.4, 0.5) is 0 Å². The fourth-order valence-electron chi connectivity index (χ4n) is 2.19. The number of carboxylic acids is 1. The van der Waals surface area contributed by atoms with Crippen molar-refractivity contribution in [2.45, 2.75) is 13.3 Å². The normalized spacial score (nSPS) is 10.8. The monoisotopic (exact) mass is 267 g/mol. The summed E-state index contributed by atoms with van der Waals surface area (Å²) >= 11 is 0. The fourth-order valence-corrected chi connectivity index (χ4v) is 2.19. The van der Waals surface area contributed by atoms with Crippen molar-refractivity contribution < 1.29 is 9.90 Å². The molecule has 0 aliphatic carbocycles. The third-order valence-electron chi connectivity index (χ3n) is 3.24. The van der Waals surface area contributed by atoms with Gasteiger partial charge in [0.05, 0.1) is 0 Å². The Balaban J connectivity index is 2.23. The van der Waals surface area contributed by atoms with Crippen LogP contribution in [0.1, 0.15) is 23.0 Å². The van der Waals surface area contributed by atoms with Gasteiger partial charge >= 0.3 is 5.97 Å². The maximum atomic E-state index is 11.5. The lowest BCUT2D eigenvalue weighted by Gasteiger charge is -2.01. The number of aromatic nitrogens is 3. The van der Waals surface area contributed by atoms with Gasteiger partial charge in [-0.3, -0.25) is 4.40 Å².